The largest absolute Gasteiger partial charge is 0.496 e. The number of hydrogen-bond donors (Lipinski definition) is 0. The second-order valence-corrected chi connectivity index (χ2v) is 8.89. The molecular formula is C27H28NO2+. The van der Waals surface area contributed by atoms with Crippen LogP contribution in [0.25, 0.3) is 32.9 Å². The highest BCUT2D eigenvalue weighted by Crippen LogP contribution is 2.49. The van der Waals surface area contributed by atoms with Gasteiger partial charge < -0.3 is 9.47 Å². The van der Waals surface area contributed by atoms with Gasteiger partial charge in [-0.1, -0.05) is 32.0 Å². The maximum Gasteiger partial charge on any atom is 0.256 e. The molecule has 2 heterocycles. The van der Waals surface area contributed by atoms with Crippen LogP contribution in [0.3, 0.4) is 0 Å². The van der Waals surface area contributed by atoms with Crippen molar-refractivity contribution in [2.75, 3.05) is 7.11 Å². The number of aryl methyl sites for hydroxylation is 2. The highest BCUT2D eigenvalue weighted by Gasteiger charge is 2.32. The van der Waals surface area contributed by atoms with Gasteiger partial charge in [0.05, 0.1) is 18.1 Å². The molecule has 4 aromatic rings. The third-order valence-corrected chi connectivity index (χ3v) is 6.35. The smallest absolute Gasteiger partial charge is 0.256 e. The molecule has 0 saturated carbocycles. The first-order valence-electron chi connectivity index (χ1n) is 10.6. The maximum atomic E-state index is 6.58. The summed E-state index contributed by atoms with van der Waals surface area (Å²) in [5.41, 5.74) is 7.49. The number of benzene rings is 3. The molecular weight excluding hydrogens is 370 g/mol. The molecule has 5 rings (SSSR count). The molecule has 0 aliphatic carbocycles. The molecule has 0 amide bonds. The number of pyridine rings is 1. The Labute approximate surface area is 177 Å². The summed E-state index contributed by atoms with van der Waals surface area (Å²) in [5.74, 6) is 3.31. The third-order valence-electron chi connectivity index (χ3n) is 6.35. The van der Waals surface area contributed by atoms with Crippen molar-refractivity contribution < 1.29 is 14.0 Å². The highest BCUT2D eigenvalue weighted by atomic mass is 16.5. The molecule has 0 bridgehead atoms. The first-order chi connectivity index (χ1) is 14.4. The van der Waals surface area contributed by atoms with Crippen LogP contribution < -0.4 is 14.0 Å². The minimum atomic E-state index is 0.600. The first kappa shape index (κ1) is 18.9. The number of nitrogens with zero attached hydrogens (tertiary/aromatic N) is 1. The molecule has 152 valence electrons. The number of hydrogen-bond acceptors (Lipinski definition) is 2. The van der Waals surface area contributed by atoms with Crippen LogP contribution in [-0.4, -0.2) is 7.11 Å². The van der Waals surface area contributed by atoms with Gasteiger partial charge in [-0.05, 0) is 60.4 Å². The lowest BCUT2D eigenvalue weighted by Crippen LogP contribution is -2.33. The average molecular weight is 399 g/mol. The molecule has 3 nitrogen and oxygen atoms in total. The number of methoxy groups -OCH3 is 1. The molecule has 0 spiro atoms. The lowest BCUT2D eigenvalue weighted by molar-refractivity contribution is -0.633. The average Bonchev–Trinajstić information content (AvgIpc) is 2.70. The minimum Gasteiger partial charge on any atom is -0.496 e. The second kappa shape index (κ2) is 6.73. The normalized spacial score (nSPS) is 12.4. The summed E-state index contributed by atoms with van der Waals surface area (Å²) in [6.45, 7) is 8.95. The van der Waals surface area contributed by atoms with Gasteiger partial charge in [0, 0.05) is 17.5 Å². The highest BCUT2D eigenvalue weighted by molar-refractivity contribution is 6.05. The first-order valence-corrected chi connectivity index (χ1v) is 10.6. The summed E-state index contributed by atoms with van der Waals surface area (Å²) in [6, 6.07) is 15.2. The zero-order chi connectivity index (χ0) is 21.2. The topological polar surface area (TPSA) is 22.3 Å². The van der Waals surface area contributed by atoms with E-state index in [1.165, 1.54) is 33.0 Å². The second-order valence-electron chi connectivity index (χ2n) is 8.89. The van der Waals surface area contributed by atoms with Crippen molar-refractivity contribution in [2.24, 2.45) is 13.0 Å². The van der Waals surface area contributed by atoms with E-state index in [1.54, 1.807) is 7.11 Å². The van der Waals surface area contributed by atoms with Crippen LogP contribution >= 0.6 is 0 Å². The van der Waals surface area contributed by atoms with Gasteiger partial charge in [0.1, 0.15) is 18.5 Å². The molecule has 1 aliphatic heterocycles. The number of rotatable bonds is 3. The van der Waals surface area contributed by atoms with Crippen LogP contribution in [-0.2, 0) is 13.5 Å². The van der Waals surface area contributed by atoms with Gasteiger partial charge in [0.15, 0.2) is 5.75 Å². The van der Waals surface area contributed by atoms with Crippen molar-refractivity contribution in [3.8, 4) is 28.5 Å². The number of aromatic nitrogens is 1. The summed E-state index contributed by atoms with van der Waals surface area (Å²) in [7, 11) is 3.84. The molecule has 3 aromatic carbocycles. The molecule has 0 fully saturated rings. The Hall–Kier alpha value is -3.07. The van der Waals surface area contributed by atoms with Crippen LogP contribution in [0.15, 0.2) is 42.5 Å². The van der Waals surface area contributed by atoms with Gasteiger partial charge in [-0.2, -0.15) is 4.57 Å². The van der Waals surface area contributed by atoms with Crippen LogP contribution in [0.5, 0.6) is 17.2 Å². The summed E-state index contributed by atoms with van der Waals surface area (Å²) in [4.78, 5) is 0. The fourth-order valence-electron chi connectivity index (χ4n) is 4.89. The van der Waals surface area contributed by atoms with Gasteiger partial charge in [-0.3, -0.25) is 0 Å². The molecule has 3 heteroatoms. The van der Waals surface area contributed by atoms with E-state index >= 15 is 0 Å². The molecule has 0 atom stereocenters. The van der Waals surface area contributed by atoms with Crippen molar-refractivity contribution in [1.29, 1.82) is 0 Å². The van der Waals surface area contributed by atoms with Crippen LogP contribution in [0, 0.1) is 19.8 Å². The lowest BCUT2D eigenvalue weighted by atomic mass is 9.88. The Morgan fingerprint density at radius 1 is 1.03 bits per heavy atom. The standard InChI is InChI=1S/C27H28NO2/c1-15(2)10-18-12-19-11-16(3)17(4)25-26(19)23(13-18)30-24-14-20-21(28(5)27(24)25)8-7-9-22(20)29-6/h7-9,11-15H,10H2,1-6H3/q+1. The number of ether oxygens (including phenoxy) is 2. The molecule has 30 heavy (non-hydrogen) atoms. The molecule has 1 aromatic heterocycles. The van der Waals surface area contributed by atoms with E-state index in [4.69, 9.17) is 9.47 Å². The predicted octanol–water partition coefficient (Wildman–Crippen LogP) is 6.41. The van der Waals surface area contributed by atoms with E-state index in [-0.39, 0.29) is 0 Å². The van der Waals surface area contributed by atoms with E-state index < -0.39 is 0 Å². The number of fused-ring (bicyclic) bond motifs is 3. The van der Waals surface area contributed by atoms with Crippen molar-refractivity contribution in [2.45, 2.75) is 34.1 Å². The van der Waals surface area contributed by atoms with Gasteiger partial charge in [-0.15, -0.1) is 0 Å². The van der Waals surface area contributed by atoms with Crippen molar-refractivity contribution in [1.82, 2.24) is 0 Å². The fourth-order valence-corrected chi connectivity index (χ4v) is 4.89. The Morgan fingerprint density at radius 3 is 2.57 bits per heavy atom. The molecule has 0 unspecified atom stereocenters. The van der Waals surface area contributed by atoms with E-state index in [2.05, 4.69) is 69.6 Å². The van der Waals surface area contributed by atoms with Crippen LogP contribution in [0.4, 0.5) is 0 Å². The zero-order valence-corrected chi connectivity index (χ0v) is 18.6. The van der Waals surface area contributed by atoms with Gasteiger partial charge >= 0.3 is 0 Å². The lowest BCUT2D eigenvalue weighted by Gasteiger charge is -2.23. The van der Waals surface area contributed by atoms with Gasteiger partial charge in [0.25, 0.3) is 5.69 Å². The quantitative estimate of drug-likeness (QED) is 0.327. The maximum absolute atomic E-state index is 6.58. The van der Waals surface area contributed by atoms with Crippen LogP contribution in [0.2, 0.25) is 0 Å². The van der Waals surface area contributed by atoms with Gasteiger partial charge in [-0.25, -0.2) is 0 Å². The summed E-state index contributed by atoms with van der Waals surface area (Å²) in [6.07, 6.45) is 1.04. The Bertz CT molecular complexity index is 1330. The molecule has 0 saturated heterocycles. The minimum absolute atomic E-state index is 0.600. The summed E-state index contributed by atoms with van der Waals surface area (Å²) in [5, 5.41) is 3.54. The molecule has 0 radical (unpaired) electrons. The zero-order valence-electron chi connectivity index (χ0n) is 18.6. The van der Waals surface area contributed by atoms with E-state index in [0.717, 1.165) is 40.3 Å². The Kier molecular flexibility index (Phi) is 4.25. The van der Waals surface area contributed by atoms with E-state index in [1.807, 2.05) is 12.1 Å². The van der Waals surface area contributed by atoms with Crippen LogP contribution in [0.1, 0.15) is 30.5 Å². The third kappa shape index (κ3) is 2.68. The monoisotopic (exact) mass is 398 g/mol. The summed E-state index contributed by atoms with van der Waals surface area (Å²) >= 11 is 0. The van der Waals surface area contributed by atoms with E-state index in [0.29, 0.717) is 5.92 Å². The Morgan fingerprint density at radius 2 is 1.83 bits per heavy atom. The summed E-state index contributed by atoms with van der Waals surface area (Å²) < 4.78 is 14.5. The molecule has 1 aliphatic rings. The van der Waals surface area contributed by atoms with Crippen molar-refractivity contribution in [3.63, 3.8) is 0 Å². The SMILES string of the molecule is COc1cccc2c1cc1c([n+]2C)-c2c(C)c(C)cc3cc(CC(C)C)cc(c23)O1. The fraction of sp³-hybridized carbons (Fsp3) is 0.296. The Balaban J connectivity index is 1.90. The van der Waals surface area contributed by atoms with Crippen molar-refractivity contribution in [3.05, 3.63) is 59.2 Å². The molecule has 0 N–H and O–H groups in total. The predicted molar refractivity (Wildman–Crippen MR) is 123 cm³/mol. The van der Waals surface area contributed by atoms with Crippen molar-refractivity contribution >= 4 is 21.7 Å². The van der Waals surface area contributed by atoms with Gasteiger partial charge in [0.2, 0.25) is 5.52 Å². The van der Waals surface area contributed by atoms with E-state index in [9.17, 15) is 0 Å².